The zero-order valence-corrected chi connectivity index (χ0v) is 13.8. The number of hydrogen-bond acceptors (Lipinski definition) is 4. The second kappa shape index (κ2) is 8.74. The van der Waals surface area contributed by atoms with Gasteiger partial charge in [-0.15, -0.1) is 0 Å². The highest BCUT2D eigenvalue weighted by Gasteiger charge is 2.18. The van der Waals surface area contributed by atoms with Crippen LogP contribution in [0, 0.1) is 6.92 Å². The molecule has 1 aromatic heterocycles. The summed E-state index contributed by atoms with van der Waals surface area (Å²) in [5, 5.41) is 0. The van der Waals surface area contributed by atoms with E-state index in [9.17, 15) is 4.79 Å². The van der Waals surface area contributed by atoms with E-state index in [0.29, 0.717) is 13.2 Å². The highest BCUT2D eigenvalue weighted by molar-refractivity contribution is 5.78. The molecule has 0 bridgehead atoms. The lowest BCUT2D eigenvalue weighted by Crippen LogP contribution is -2.42. The smallest absolute Gasteiger partial charge is 0.236 e. The van der Waals surface area contributed by atoms with Crippen LogP contribution in [0.1, 0.15) is 18.2 Å². The molecule has 1 amide bonds. The zero-order valence-electron chi connectivity index (χ0n) is 13.8. The van der Waals surface area contributed by atoms with Crippen LogP contribution >= 0.6 is 0 Å². The molecule has 1 unspecified atom stereocenters. The van der Waals surface area contributed by atoms with Crippen molar-refractivity contribution in [1.29, 1.82) is 0 Å². The summed E-state index contributed by atoms with van der Waals surface area (Å²) >= 11 is 0. The monoisotopic (exact) mass is 293 g/mol. The lowest BCUT2D eigenvalue weighted by molar-refractivity contribution is -0.132. The normalized spacial score (nSPS) is 12.5. The molecule has 0 saturated carbocycles. The predicted octanol–water partition coefficient (Wildman–Crippen LogP) is 1.36. The van der Waals surface area contributed by atoms with Crippen molar-refractivity contribution in [1.82, 2.24) is 14.8 Å². The topological polar surface area (TPSA) is 45.7 Å². The van der Waals surface area contributed by atoms with Gasteiger partial charge in [0, 0.05) is 45.1 Å². The number of amides is 1. The minimum atomic E-state index is 0.119. The first kappa shape index (κ1) is 17.6. The van der Waals surface area contributed by atoms with E-state index < -0.39 is 0 Å². The van der Waals surface area contributed by atoms with E-state index in [0.717, 1.165) is 18.7 Å². The van der Waals surface area contributed by atoms with E-state index >= 15 is 0 Å². The number of hydrogen-bond donors (Lipinski definition) is 0. The van der Waals surface area contributed by atoms with E-state index in [1.807, 2.05) is 31.3 Å². The maximum absolute atomic E-state index is 12.2. The summed E-state index contributed by atoms with van der Waals surface area (Å²) in [7, 11) is 5.45. The van der Waals surface area contributed by atoms with Crippen molar-refractivity contribution in [3.8, 4) is 0 Å². The van der Waals surface area contributed by atoms with Crippen molar-refractivity contribution < 1.29 is 9.53 Å². The number of carbonyl (C=O) groups excluding carboxylic acids is 1. The first-order valence-electron chi connectivity index (χ1n) is 7.28. The molecule has 1 rings (SSSR count). The van der Waals surface area contributed by atoms with Crippen LogP contribution in [0.2, 0.25) is 0 Å². The molecular weight excluding hydrogens is 266 g/mol. The maximum atomic E-state index is 12.2. The highest BCUT2D eigenvalue weighted by atomic mass is 16.5. The van der Waals surface area contributed by atoms with Crippen LogP contribution in [0.5, 0.6) is 0 Å². The van der Waals surface area contributed by atoms with Crippen LogP contribution in [0.15, 0.2) is 18.3 Å². The molecule has 0 aliphatic carbocycles. The Labute approximate surface area is 127 Å². The van der Waals surface area contributed by atoms with Crippen molar-refractivity contribution in [2.75, 3.05) is 40.9 Å². The van der Waals surface area contributed by atoms with Gasteiger partial charge in [-0.2, -0.15) is 0 Å². The largest absolute Gasteiger partial charge is 0.383 e. The third-order valence-corrected chi connectivity index (χ3v) is 3.61. The quantitative estimate of drug-likeness (QED) is 0.726. The Hall–Kier alpha value is -1.46. The second-order valence-electron chi connectivity index (χ2n) is 5.61. The van der Waals surface area contributed by atoms with Gasteiger partial charge in [0.15, 0.2) is 0 Å². The molecule has 0 saturated heterocycles. The van der Waals surface area contributed by atoms with E-state index in [-0.39, 0.29) is 11.9 Å². The Morgan fingerprint density at radius 2 is 2.14 bits per heavy atom. The Morgan fingerprint density at radius 3 is 2.76 bits per heavy atom. The molecule has 0 aliphatic rings. The number of likely N-dealkylation sites (N-methyl/N-ethyl adjacent to an activating group) is 2. The van der Waals surface area contributed by atoms with Crippen molar-refractivity contribution >= 4 is 5.91 Å². The molecule has 5 heteroatoms. The Balaban J connectivity index is 2.49. The average Bonchev–Trinajstić information content (AvgIpc) is 2.44. The number of ether oxygens (including phenoxy) is 1. The second-order valence-corrected chi connectivity index (χ2v) is 5.61. The Morgan fingerprint density at radius 1 is 1.43 bits per heavy atom. The summed E-state index contributed by atoms with van der Waals surface area (Å²) < 4.78 is 5.02. The third-order valence-electron chi connectivity index (χ3n) is 3.61. The fourth-order valence-corrected chi connectivity index (χ4v) is 2.06. The van der Waals surface area contributed by atoms with Gasteiger partial charge in [-0.05, 0) is 38.6 Å². The summed E-state index contributed by atoms with van der Waals surface area (Å²) in [6, 6.07) is 4.18. The molecule has 21 heavy (non-hydrogen) atoms. The van der Waals surface area contributed by atoms with Crippen molar-refractivity contribution in [3.63, 3.8) is 0 Å². The average molecular weight is 293 g/mol. The minimum absolute atomic E-state index is 0.119. The van der Waals surface area contributed by atoms with Crippen molar-refractivity contribution in [2.24, 2.45) is 0 Å². The summed E-state index contributed by atoms with van der Waals surface area (Å²) in [5.74, 6) is 0.119. The van der Waals surface area contributed by atoms with Gasteiger partial charge in [-0.25, -0.2) is 0 Å². The molecule has 0 spiro atoms. The first-order valence-corrected chi connectivity index (χ1v) is 7.28. The summed E-state index contributed by atoms with van der Waals surface area (Å²) in [6.45, 7) is 5.90. The first-order chi connectivity index (χ1) is 9.93. The van der Waals surface area contributed by atoms with Gasteiger partial charge in [0.1, 0.15) is 0 Å². The minimum Gasteiger partial charge on any atom is -0.383 e. The third kappa shape index (κ3) is 6.23. The molecule has 118 valence electrons. The number of rotatable bonds is 8. The molecule has 1 atom stereocenters. The number of nitrogens with zero attached hydrogens (tertiary/aromatic N) is 3. The number of carbonyl (C=O) groups is 1. The highest BCUT2D eigenvalue weighted by Crippen LogP contribution is 2.07. The fourth-order valence-electron chi connectivity index (χ4n) is 2.06. The molecule has 1 aromatic rings. The fraction of sp³-hybridized carbons (Fsp3) is 0.625. The molecule has 1 heterocycles. The molecular formula is C16H27N3O2. The molecule has 0 aliphatic heterocycles. The lowest BCUT2D eigenvalue weighted by Gasteiger charge is -2.27. The van der Waals surface area contributed by atoms with Gasteiger partial charge < -0.3 is 9.64 Å². The summed E-state index contributed by atoms with van der Waals surface area (Å²) in [6.07, 6.45) is 2.59. The SMILES string of the molecule is COCCN(C)CC(=O)N(C)C(C)Cc1cc(C)ccn1. The molecule has 5 nitrogen and oxygen atoms in total. The summed E-state index contributed by atoms with van der Waals surface area (Å²) in [4.78, 5) is 20.4. The maximum Gasteiger partial charge on any atom is 0.236 e. The van der Waals surface area contributed by atoms with E-state index in [4.69, 9.17) is 4.74 Å². The van der Waals surface area contributed by atoms with E-state index in [1.165, 1.54) is 5.56 Å². The molecule has 0 radical (unpaired) electrons. The van der Waals surface area contributed by atoms with Gasteiger partial charge >= 0.3 is 0 Å². The van der Waals surface area contributed by atoms with Crippen LogP contribution in [0.3, 0.4) is 0 Å². The predicted molar refractivity (Wildman–Crippen MR) is 84.3 cm³/mol. The zero-order chi connectivity index (χ0) is 15.8. The van der Waals surface area contributed by atoms with Crippen molar-refractivity contribution in [3.05, 3.63) is 29.6 Å². The van der Waals surface area contributed by atoms with Gasteiger partial charge in [0.25, 0.3) is 0 Å². The number of methoxy groups -OCH3 is 1. The van der Waals surface area contributed by atoms with E-state index in [1.54, 1.807) is 12.0 Å². The van der Waals surface area contributed by atoms with Crippen LogP contribution in [-0.2, 0) is 16.0 Å². The van der Waals surface area contributed by atoms with Crippen molar-refractivity contribution in [2.45, 2.75) is 26.3 Å². The van der Waals surface area contributed by atoms with Gasteiger partial charge in [-0.3, -0.25) is 14.7 Å². The van der Waals surface area contributed by atoms with Gasteiger partial charge in [0.05, 0.1) is 13.2 Å². The van der Waals surface area contributed by atoms with Gasteiger partial charge in [-0.1, -0.05) is 0 Å². The standard InChI is InChI=1S/C16H27N3O2/c1-13-6-7-17-15(10-13)11-14(2)19(4)16(20)12-18(3)8-9-21-5/h6-7,10,14H,8-9,11-12H2,1-5H3. The van der Waals surface area contributed by atoms with Crippen LogP contribution < -0.4 is 0 Å². The Bertz CT molecular complexity index is 451. The van der Waals surface area contributed by atoms with Gasteiger partial charge in [0.2, 0.25) is 5.91 Å². The number of aromatic nitrogens is 1. The molecule has 0 aromatic carbocycles. The van der Waals surface area contributed by atoms with Crippen LogP contribution in [0.25, 0.3) is 0 Å². The molecule has 0 fully saturated rings. The lowest BCUT2D eigenvalue weighted by atomic mass is 10.1. The van der Waals surface area contributed by atoms with E-state index in [2.05, 4.69) is 24.9 Å². The number of pyridine rings is 1. The summed E-state index contributed by atoms with van der Waals surface area (Å²) in [5.41, 5.74) is 2.22. The molecule has 0 N–H and O–H groups in total. The Kier molecular flexibility index (Phi) is 7.32. The van der Waals surface area contributed by atoms with Crippen LogP contribution in [-0.4, -0.2) is 67.6 Å². The number of aryl methyl sites for hydroxylation is 1. The van der Waals surface area contributed by atoms with Crippen LogP contribution in [0.4, 0.5) is 0 Å².